The summed E-state index contributed by atoms with van der Waals surface area (Å²) < 4.78 is 6.12. The molecule has 20 heavy (non-hydrogen) atoms. The topological polar surface area (TPSA) is 61.2 Å². The molecule has 0 N–H and O–H groups in total. The maximum atomic E-state index is 11.9. The van der Waals surface area contributed by atoms with Crippen LogP contribution in [-0.4, -0.2) is 22.9 Å². The van der Waals surface area contributed by atoms with Crippen LogP contribution in [0.4, 0.5) is 0 Å². The summed E-state index contributed by atoms with van der Waals surface area (Å²) >= 11 is 0. The van der Waals surface area contributed by atoms with Crippen molar-refractivity contribution >= 4 is 5.97 Å². The van der Waals surface area contributed by atoms with Crippen molar-refractivity contribution in [1.82, 2.24) is 9.78 Å². The summed E-state index contributed by atoms with van der Waals surface area (Å²) in [5.41, 5.74) is 1.80. The highest BCUT2D eigenvalue weighted by molar-refractivity contribution is 5.87. The fourth-order valence-corrected chi connectivity index (χ4v) is 1.89. The number of esters is 1. The molecule has 0 spiro atoms. The van der Waals surface area contributed by atoms with E-state index in [1.54, 1.807) is 13.1 Å². The number of nitrogens with zero attached hydrogens (tertiary/aromatic N) is 2. The van der Waals surface area contributed by atoms with Gasteiger partial charge < -0.3 is 4.74 Å². The summed E-state index contributed by atoms with van der Waals surface area (Å²) in [5.74, 6) is -0.723. The molecule has 5 heteroatoms. The summed E-state index contributed by atoms with van der Waals surface area (Å²) in [6, 6.07) is 7.77. The largest absolute Gasteiger partial charge is 0.464 e. The van der Waals surface area contributed by atoms with Gasteiger partial charge in [-0.2, -0.15) is 5.10 Å². The van der Waals surface area contributed by atoms with Crippen LogP contribution in [0.3, 0.4) is 0 Å². The van der Waals surface area contributed by atoms with Gasteiger partial charge in [0.05, 0.1) is 12.8 Å². The quantitative estimate of drug-likeness (QED) is 0.800. The van der Waals surface area contributed by atoms with Crippen molar-refractivity contribution < 1.29 is 9.53 Å². The van der Waals surface area contributed by atoms with Gasteiger partial charge in [-0.1, -0.05) is 19.1 Å². The molecular weight excluding hydrogens is 256 g/mol. The zero-order valence-corrected chi connectivity index (χ0v) is 11.7. The standard InChI is InChI=1S/C15H16N2O3/c1-4-11-6-5-7-12(8-11)17-9-10(2)14(18)13(16-17)15(19)20-3/h5-9H,4H2,1-3H3. The van der Waals surface area contributed by atoms with Crippen LogP contribution in [0.2, 0.25) is 0 Å². The smallest absolute Gasteiger partial charge is 0.362 e. The summed E-state index contributed by atoms with van der Waals surface area (Å²) in [7, 11) is 1.23. The van der Waals surface area contributed by atoms with Gasteiger partial charge in [-0.3, -0.25) is 4.79 Å². The normalized spacial score (nSPS) is 10.3. The van der Waals surface area contributed by atoms with E-state index in [9.17, 15) is 9.59 Å². The van der Waals surface area contributed by atoms with E-state index >= 15 is 0 Å². The molecule has 0 saturated heterocycles. The van der Waals surface area contributed by atoms with E-state index < -0.39 is 11.4 Å². The highest BCUT2D eigenvalue weighted by Crippen LogP contribution is 2.10. The average Bonchev–Trinajstić information content (AvgIpc) is 2.49. The third-order valence-corrected chi connectivity index (χ3v) is 3.06. The number of carbonyl (C=O) groups is 1. The lowest BCUT2D eigenvalue weighted by atomic mass is 10.1. The molecule has 104 valence electrons. The van der Waals surface area contributed by atoms with Gasteiger partial charge in [0.2, 0.25) is 11.1 Å². The van der Waals surface area contributed by atoms with Crippen LogP contribution in [0.1, 0.15) is 28.5 Å². The number of rotatable bonds is 3. The van der Waals surface area contributed by atoms with Crippen LogP contribution in [-0.2, 0) is 11.2 Å². The second-order valence-corrected chi connectivity index (χ2v) is 4.45. The molecule has 0 aliphatic carbocycles. The summed E-state index contributed by atoms with van der Waals surface area (Å²) in [6.45, 7) is 3.71. The van der Waals surface area contributed by atoms with E-state index in [0.717, 1.165) is 17.7 Å². The first kappa shape index (κ1) is 14.0. The number of methoxy groups -OCH3 is 1. The second kappa shape index (κ2) is 5.69. The summed E-state index contributed by atoms with van der Waals surface area (Å²) in [6.07, 6.45) is 2.51. The predicted octanol–water partition coefficient (Wildman–Crippen LogP) is 1.89. The van der Waals surface area contributed by atoms with E-state index in [0.29, 0.717) is 5.56 Å². The summed E-state index contributed by atoms with van der Waals surface area (Å²) in [4.78, 5) is 23.5. The van der Waals surface area contributed by atoms with E-state index in [4.69, 9.17) is 0 Å². The van der Waals surface area contributed by atoms with Crippen LogP contribution < -0.4 is 5.43 Å². The highest BCUT2D eigenvalue weighted by Gasteiger charge is 2.16. The van der Waals surface area contributed by atoms with Gasteiger partial charge in [-0.15, -0.1) is 0 Å². The molecule has 1 aromatic carbocycles. The second-order valence-electron chi connectivity index (χ2n) is 4.45. The van der Waals surface area contributed by atoms with Crippen LogP contribution in [0.5, 0.6) is 0 Å². The first-order chi connectivity index (χ1) is 9.56. The first-order valence-electron chi connectivity index (χ1n) is 6.35. The maximum Gasteiger partial charge on any atom is 0.362 e. The number of aryl methyl sites for hydroxylation is 2. The average molecular weight is 272 g/mol. The molecule has 0 unspecified atom stereocenters. The molecule has 0 saturated carbocycles. The molecule has 1 heterocycles. The lowest BCUT2D eigenvalue weighted by Gasteiger charge is -2.09. The van der Waals surface area contributed by atoms with Crippen molar-refractivity contribution in [3.05, 3.63) is 57.5 Å². The number of aromatic nitrogens is 2. The number of hydrogen-bond acceptors (Lipinski definition) is 4. The molecule has 2 rings (SSSR count). The fourth-order valence-electron chi connectivity index (χ4n) is 1.89. The molecule has 0 bridgehead atoms. The van der Waals surface area contributed by atoms with Crippen molar-refractivity contribution in [1.29, 1.82) is 0 Å². The van der Waals surface area contributed by atoms with Gasteiger partial charge in [0, 0.05) is 11.8 Å². The molecule has 0 radical (unpaired) electrons. The van der Waals surface area contributed by atoms with E-state index in [2.05, 4.69) is 16.8 Å². The Morgan fingerprint density at radius 2 is 2.15 bits per heavy atom. The lowest BCUT2D eigenvalue weighted by Crippen LogP contribution is -2.24. The zero-order valence-electron chi connectivity index (χ0n) is 11.7. The van der Waals surface area contributed by atoms with Crippen LogP contribution in [0.15, 0.2) is 35.3 Å². The Morgan fingerprint density at radius 3 is 2.80 bits per heavy atom. The van der Waals surface area contributed by atoms with E-state index in [-0.39, 0.29) is 5.69 Å². The number of carbonyl (C=O) groups excluding carboxylic acids is 1. The van der Waals surface area contributed by atoms with Gasteiger partial charge >= 0.3 is 5.97 Å². The van der Waals surface area contributed by atoms with Gasteiger partial charge in [0.25, 0.3) is 0 Å². The minimum atomic E-state index is -0.723. The molecule has 0 fully saturated rings. The Labute approximate surface area is 116 Å². The third-order valence-electron chi connectivity index (χ3n) is 3.06. The minimum Gasteiger partial charge on any atom is -0.464 e. The van der Waals surface area contributed by atoms with Crippen molar-refractivity contribution in [2.45, 2.75) is 20.3 Å². The minimum absolute atomic E-state index is 0.200. The SMILES string of the molecule is CCc1cccc(-n2cc(C)c(=O)c(C(=O)OC)n2)c1. The Hall–Kier alpha value is -2.43. The maximum absolute atomic E-state index is 11.9. The molecule has 2 aromatic rings. The van der Waals surface area contributed by atoms with Crippen molar-refractivity contribution in [2.75, 3.05) is 7.11 Å². The molecule has 1 aromatic heterocycles. The van der Waals surface area contributed by atoms with E-state index in [1.165, 1.54) is 11.8 Å². The van der Waals surface area contributed by atoms with Gasteiger partial charge in [0.15, 0.2) is 0 Å². The van der Waals surface area contributed by atoms with Crippen molar-refractivity contribution in [3.63, 3.8) is 0 Å². The molecule has 0 aliphatic heterocycles. The number of ether oxygens (including phenoxy) is 1. The van der Waals surface area contributed by atoms with Crippen LogP contribution in [0.25, 0.3) is 5.69 Å². The fraction of sp³-hybridized carbons (Fsp3) is 0.267. The van der Waals surface area contributed by atoms with E-state index in [1.807, 2.05) is 24.3 Å². The predicted molar refractivity (Wildman–Crippen MR) is 75.3 cm³/mol. The Kier molecular flexibility index (Phi) is 3.98. The first-order valence-corrected chi connectivity index (χ1v) is 6.35. The lowest BCUT2D eigenvalue weighted by molar-refractivity contribution is 0.0590. The Bertz CT molecular complexity index is 705. The van der Waals surface area contributed by atoms with Gasteiger partial charge in [-0.25, -0.2) is 9.48 Å². The Morgan fingerprint density at radius 1 is 1.40 bits per heavy atom. The monoisotopic (exact) mass is 272 g/mol. The third kappa shape index (κ3) is 2.61. The molecular formula is C15H16N2O3. The highest BCUT2D eigenvalue weighted by atomic mass is 16.5. The molecule has 5 nitrogen and oxygen atoms in total. The Balaban J connectivity index is 2.60. The number of hydrogen-bond donors (Lipinski definition) is 0. The van der Waals surface area contributed by atoms with Gasteiger partial charge in [-0.05, 0) is 31.0 Å². The molecule has 0 atom stereocenters. The van der Waals surface area contributed by atoms with Crippen LogP contribution >= 0.6 is 0 Å². The van der Waals surface area contributed by atoms with Crippen molar-refractivity contribution in [3.8, 4) is 5.69 Å². The molecule has 0 amide bonds. The zero-order chi connectivity index (χ0) is 14.7. The summed E-state index contributed by atoms with van der Waals surface area (Å²) in [5, 5.41) is 4.08. The van der Waals surface area contributed by atoms with Crippen LogP contribution in [0, 0.1) is 6.92 Å². The van der Waals surface area contributed by atoms with Gasteiger partial charge in [0.1, 0.15) is 0 Å². The molecule has 0 aliphatic rings. The number of benzene rings is 1. The van der Waals surface area contributed by atoms with Crippen molar-refractivity contribution in [2.24, 2.45) is 0 Å².